The Bertz CT molecular complexity index is 2180. The molecule has 0 saturated carbocycles. The van der Waals surface area contributed by atoms with Gasteiger partial charge in [-0.2, -0.15) is 26.3 Å². The Hall–Kier alpha value is -6.43. The second kappa shape index (κ2) is 18.5. The average molecular weight is 819 g/mol. The van der Waals surface area contributed by atoms with Crippen molar-refractivity contribution in [3.05, 3.63) is 108 Å². The van der Waals surface area contributed by atoms with E-state index in [1.807, 2.05) is 0 Å². The highest BCUT2D eigenvalue weighted by molar-refractivity contribution is 6.06. The molecule has 4 heterocycles. The molecule has 0 bridgehead atoms. The maximum Gasteiger partial charge on any atom is 0.433 e. The normalized spacial score (nSPS) is 11.1. The molecule has 6 rings (SSSR count). The summed E-state index contributed by atoms with van der Waals surface area (Å²) < 4.78 is 98.0. The second-order valence-electron chi connectivity index (χ2n) is 11.4. The van der Waals surface area contributed by atoms with Crippen molar-refractivity contribution in [3.63, 3.8) is 0 Å². The molecule has 0 radical (unpaired) electrons. The molecule has 19 heteroatoms. The molecule has 2 N–H and O–H groups in total. The number of fused-ring (bicyclic) bond motifs is 2. The van der Waals surface area contributed by atoms with Crippen molar-refractivity contribution >= 4 is 69.2 Å². The first kappa shape index (κ1) is 43.3. The number of carbonyl (C=O) groups is 2. The number of hydrogen-bond acceptors (Lipinski definition) is 12. The molecule has 0 aliphatic heterocycles. The number of benzene rings is 2. The molecule has 0 amide bonds. The van der Waals surface area contributed by atoms with Crippen LogP contribution in [0.25, 0.3) is 22.1 Å². The highest BCUT2D eigenvalue weighted by Gasteiger charge is 2.34. The fourth-order valence-electron chi connectivity index (χ4n) is 5.10. The molecule has 57 heavy (non-hydrogen) atoms. The fraction of sp³-hybridized carbons (Fsp3) is 0.211. The van der Waals surface area contributed by atoms with Crippen LogP contribution in [0, 0.1) is 0 Å². The van der Waals surface area contributed by atoms with E-state index in [-0.39, 0.29) is 70.2 Å². The Morgan fingerprint density at radius 3 is 1.23 bits per heavy atom. The number of rotatable bonds is 10. The summed E-state index contributed by atoms with van der Waals surface area (Å²) in [5, 5.41) is 6.61. The number of ether oxygens (including phenoxy) is 4. The van der Waals surface area contributed by atoms with Gasteiger partial charge in [-0.15, -0.1) is 12.4 Å². The van der Waals surface area contributed by atoms with E-state index in [0.717, 1.165) is 24.5 Å². The second-order valence-corrected chi connectivity index (χ2v) is 11.4. The van der Waals surface area contributed by atoms with Crippen molar-refractivity contribution in [1.82, 2.24) is 19.9 Å². The van der Waals surface area contributed by atoms with Crippen molar-refractivity contribution in [2.24, 2.45) is 0 Å². The van der Waals surface area contributed by atoms with E-state index >= 15 is 0 Å². The average Bonchev–Trinajstić information content (AvgIpc) is 3.18. The zero-order valence-electron chi connectivity index (χ0n) is 30.4. The third kappa shape index (κ3) is 10.5. The van der Waals surface area contributed by atoms with Crippen LogP contribution < -0.4 is 20.1 Å². The molecule has 12 nitrogen and oxygen atoms in total. The Morgan fingerprint density at radius 2 is 0.930 bits per heavy atom. The van der Waals surface area contributed by atoms with Crippen LogP contribution >= 0.6 is 12.4 Å². The molecule has 300 valence electrons. The lowest BCUT2D eigenvalue weighted by Gasteiger charge is -2.15. The van der Waals surface area contributed by atoms with E-state index in [0.29, 0.717) is 22.9 Å². The molecule has 0 unspecified atom stereocenters. The van der Waals surface area contributed by atoms with Crippen molar-refractivity contribution < 1.29 is 54.9 Å². The predicted molar refractivity (Wildman–Crippen MR) is 201 cm³/mol. The fourth-order valence-corrected chi connectivity index (χ4v) is 5.10. The van der Waals surface area contributed by atoms with Gasteiger partial charge in [0.25, 0.3) is 0 Å². The smallest absolute Gasteiger partial charge is 0.433 e. The van der Waals surface area contributed by atoms with Crippen LogP contribution in [0.1, 0.15) is 46.0 Å². The maximum absolute atomic E-state index is 13.0. The van der Waals surface area contributed by atoms with Gasteiger partial charge in [0.15, 0.2) is 11.3 Å². The van der Waals surface area contributed by atoms with Gasteiger partial charge in [-0.3, -0.25) is 0 Å². The number of alkyl halides is 6. The Morgan fingerprint density at radius 1 is 0.579 bits per heavy atom. The van der Waals surface area contributed by atoms with E-state index in [9.17, 15) is 35.9 Å². The molecule has 0 atom stereocenters. The number of esters is 2. The maximum atomic E-state index is 13.0. The first-order valence-electron chi connectivity index (χ1n) is 16.6. The minimum absolute atomic E-state index is 0. The molecule has 4 aromatic heterocycles. The van der Waals surface area contributed by atoms with E-state index in [4.69, 9.17) is 18.9 Å². The van der Waals surface area contributed by atoms with Gasteiger partial charge in [0.2, 0.25) is 0 Å². The first-order valence-corrected chi connectivity index (χ1v) is 16.6. The quantitative estimate of drug-likeness (QED) is 0.100. The minimum atomic E-state index is -4.60. The topological polar surface area (TPSA) is 147 Å². The third-order valence-electron chi connectivity index (χ3n) is 7.75. The first-order chi connectivity index (χ1) is 26.7. The van der Waals surface area contributed by atoms with Crippen LogP contribution in [0.15, 0.2) is 85.2 Å². The Labute approximate surface area is 327 Å². The third-order valence-corrected chi connectivity index (χ3v) is 7.75. The molecule has 0 saturated heterocycles. The lowest BCUT2D eigenvalue weighted by Crippen LogP contribution is -2.11. The molecule has 2 aromatic carbocycles. The van der Waals surface area contributed by atoms with E-state index in [1.54, 1.807) is 62.4 Å². The number of nitrogens with zero attached hydrogens (tertiary/aromatic N) is 4. The van der Waals surface area contributed by atoms with Crippen LogP contribution in [0.5, 0.6) is 11.5 Å². The Kier molecular flexibility index (Phi) is 14.0. The number of hydrogen-bond donors (Lipinski definition) is 2. The van der Waals surface area contributed by atoms with Crippen LogP contribution in [0.2, 0.25) is 0 Å². The van der Waals surface area contributed by atoms with Gasteiger partial charge in [-0.25, -0.2) is 29.5 Å². The summed E-state index contributed by atoms with van der Waals surface area (Å²) in [6.45, 7) is 3.59. The highest BCUT2D eigenvalue weighted by atomic mass is 35.5. The van der Waals surface area contributed by atoms with Crippen molar-refractivity contribution in [3.8, 4) is 11.5 Å². The van der Waals surface area contributed by atoms with Gasteiger partial charge >= 0.3 is 24.3 Å². The summed E-state index contributed by atoms with van der Waals surface area (Å²) in [4.78, 5) is 39.6. The number of nitrogens with one attached hydrogen (secondary N) is 2. The number of halogens is 7. The zero-order valence-corrected chi connectivity index (χ0v) is 31.2. The molecule has 6 aromatic rings. The van der Waals surface area contributed by atoms with Gasteiger partial charge in [-0.1, -0.05) is 0 Å². The SMILES string of the molecule is CCOC(=O)c1cnc2nc(C(F)(F)F)ccc2c1Nc1ccc(OC)cc1.CCOC(=O)c1cnc2nc(C(F)(F)F)ccc2c1Nc1ccc(OC)cc1.Cl. The van der Waals surface area contributed by atoms with Crippen LogP contribution in [0.4, 0.5) is 49.1 Å². The van der Waals surface area contributed by atoms with Gasteiger partial charge < -0.3 is 29.6 Å². The molecule has 0 aliphatic rings. The molecule has 0 spiro atoms. The summed E-state index contributed by atoms with van der Waals surface area (Å²) in [5.41, 5.74) is -0.517. The summed E-state index contributed by atoms with van der Waals surface area (Å²) in [7, 11) is 3.06. The van der Waals surface area contributed by atoms with Crippen LogP contribution in [-0.4, -0.2) is 59.3 Å². The largest absolute Gasteiger partial charge is 0.497 e. The molecule has 0 aliphatic carbocycles. The van der Waals surface area contributed by atoms with Crippen molar-refractivity contribution in [2.75, 3.05) is 38.1 Å². The molecule has 0 fully saturated rings. The summed E-state index contributed by atoms with van der Waals surface area (Å²) in [6.07, 6.45) is -6.89. The number of methoxy groups -OCH3 is 2. The van der Waals surface area contributed by atoms with Gasteiger partial charge in [-0.05, 0) is 86.6 Å². The van der Waals surface area contributed by atoms with Crippen molar-refractivity contribution in [2.45, 2.75) is 26.2 Å². The van der Waals surface area contributed by atoms with Crippen molar-refractivity contribution in [1.29, 1.82) is 0 Å². The van der Waals surface area contributed by atoms with Crippen LogP contribution in [-0.2, 0) is 21.8 Å². The standard InChI is InChI=1S/2C19H16F3N3O3.ClH/c2*1-3-28-18(26)14-10-23-17-13(8-9-15(25-17)19(20,21)22)16(14)24-11-4-6-12(27-2)7-5-11;/h2*4-10H,3H2,1-2H3,(H,23,24,25);1H. The van der Waals surface area contributed by atoms with Gasteiger partial charge in [0.1, 0.15) is 34.0 Å². The number of pyridine rings is 4. The molecular formula is C38H33ClF6N6O6. The highest BCUT2D eigenvalue weighted by Crippen LogP contribution is 2.35. The van der Waals surface area contributed by atoms with E-state index in [2.05, 4.69) is 30.6 Å². The van der Waals surface area contributed by atoms with Gasteiger partial charge in [0, 0.05) is 34.5 Å². The number of carbonyl (C=O) groups excluding carboxylic acids is 2. The number of aromatic nitrogens is 4. The van der Waals surface area contributed by atoms with Crippen LogP contribution in [0.3, 0.4) is 0 Å². The monoisotopic (exact) mass is 818 g/mol. The van der Waals surface area contributed by atoms with E-state index < -0.39 is 35.7 Å². The van der Waals surface area contributed by atoms with E-state index in [1.165, 1.54) is 26.4 Å². The summed E-state index contributed by atoms with van der Waals surface area (Å²) in [6, 6.07) is 17.8. The summed E-state index contributed by atoms with van der Waals surface area (Å²) in [5.74, 6) is -0.0277. The minimum Gasteiger partial charge on any atom is -0.497 e. The summed E-state index contributed by atoms with van der Waals surface area (Å²) >= 11 is 0. The van der Waals surface area contributed by atoms with Gasteiger partial charge in [0.05, 0.1) is 38.8 Å². The predicted octanol–water partition coefficient (Wildman–Crippen LogP) is 9.58. The lowest BCUT2D eigenvalue weighted by atomic mass is 10.1. The lowest BCUT2D eigenvalue weighted by molar-refractivity contribution is -0.141. The molecular weight excluding hydrogens is 786 g/mol. The zero-order chi connectivity index (χ0) is 40.6. The number of anilines is 4. The Balaban J connectivity index is 0.000000248.